The predicted molar refractivity (Wildman–Crippen MR) is 88.5 cm³/mol. The quantitative estimate of drug-likeness (QED) is 0.769. The van der Waals surface area contributed by atoms with Crippen LogP contribution in [-0.2, 0) is 4.79 Å². The first kappa shape index (κ1) is 14.8. The van der Waals surface area contributed by atoms with Crippen molar-refractivity contribution < 1.29 is 9.53 Å². The van der Waals surface area contributed by atoms with Crippen LogP contribution in [0.5, 0.6) is 5.75 Å². The van der Waals surface area contributed by atoms with Crippen molar-refractivity contribution in [3.05, 3.63) is 33.3 Å². The minimum Gasteiger partial charge on any atom is -0.480 e. The van der Waals surface area contributed by atoms with Crippen LogP contribution in [0, 0.1) is 0 Å². The minimum absolute atomic E-state index is 0.0337. The molecule has 0 atom stereocenters. The first-order valence-electron chi connectivity index (χ1n) is 6.80. The topological polar surface area (TPSA) is 42.4 Å². The Balaban J connectivity index is 1.85. The minimum atomic E-state index is 0.0337. The predicted octanol–water partition coefficient (Wildman–Crippen LogP) is 3.76. The summed E-state index contributed by atoms with van der Waals surface area (Å²) < 4.78 is 7.49. The van der Waals surface area contributed by atoms with Crippen LogP contribution >= 0.6 is 31.9 Å². The molecule has 21 heavy (non-hydrogen) atoms. The van der Waals surface area contributed by atoms with Crippen LogP contribution in [0.15, 0.2) is 33.3 Å². The van der Waals surface area contributed by atoms with Gasteiger partial charge in [-0.3, -0.25) is 9.78 Å². The van der Waals surface area contributed by atoms with E-state index in [-0.39, 0.29) is 12.5 Å². The molecule has 1 saturated heterocycles. The Morgan fingerprint density at radius 3 is 2.81 bits per heavy atom. The third-order valence-corrected chi connectivity index (χ3v) is 4.79. The number of ether oxygens (including phenoxy) is 1. The highest BCUT2D eigenvalue weighted by atomic mass is 79.9. The Bertz CT molecular complexity index is 685. The molecule has 0 aliphatic carbocycles. The van der Waals surface area contributed by atoms with Crippen molar-refractivity contribution in [2.75, 3.05) is 19.7 Å². The third kappa shape index (κ3) is 3.06. The Hall–Kier alpha value is -1.14. The Kier molecular flexibility index (Phi) is 4.45. The van der Waals surface area contributed by atoms with E-state index in [0.717, 1.165) is 45.8 Å². The summed E-state index contributed by atoms with van der Waals surface area (Å²) in [5, 5.41) is 0.962. The first-order chi connectivity index (χ1) is 10.2. The van der Waals surface area contributed by atoms with Crippen LogP contribution in [0.2, 0.25) is 0 Å². The number of rotatable bonds is 3. The monoisotopic (exact) mass is 412 g/mol. The second kappa shape index (κ2) is 6.32. The highest BCUT2D eigenvalue weighted by Gasteiger charge is 2.19. The molecule has 1 amide bonds. The van der Waals surface area contributed by atoms with Crippen LogP contribution in [-0.4, -0.2) is 35.5 Å². The normalized spacial score (nSPS) is 14.7. The number of aromatic nitrogens is 1. The molecule has 0 bridgehead atoms. The lowest BCUT2D eigenvalue weighted by molar-refractivity contribution is -0.132. The van der Waals surface area contributed by atoms with E-state index in [2.05, 4.69) is 36.8 Å². The highest BCUT2D eigenvalue weighted by Crippen LogP contribution is 2.37. The zero-order chi connectivity index (χ0) is 14.8. The second-order valence-corrected chi connectivity index (χ2v) is 6.65. The van der Waals surface area contributed by atoms with Crippen molar-refractivity contribution in [2.24, 2.45) is 0 Å². The molecule has 6 heteroatoms. The Morgan fingerprint density at radius 1 is 1.29 bits per heavy atom. The zero-order valence-corrected chi connectivity index (χ0v) is 14.5. The van der Waals surface area contributed by atoms with Gasteiger partial charge in [-0.15, -0.1) is 0 Å². The number of hydrogen-bond acceptors (Lipinski definition) is 3. The number of hydrogen-bond donors (Lipinski definition) is 0. The summed E-state index contributed by atoms with van der Waals surface area (Å²) in [5.74, 6) is 0.646. The molecule has 0 spiro atoms. The summed E-state index contributed by atoms with van der Waals surface area (Å²) in [6, 6.07) is 5.76. The lowest BCUT2D eigenvalue weighted by atomic mass is 10.2. The molecule has 1 aliphatic heterocycles. The lowest BCUT2D eigenvalue weighted by Crippen LogP contribution is -2.32. The van der Waals surface area contributed by atoms with E-state index in [9.17, 15) is 4.79 Å². The molecule has 1 aliphatic rings. The van der Waals surface area contributed by atoms with Gasteiger partial charge in [-0.2, -0.15) is 0 Å². The average molecular weight is 414 g/mol. The van der Waals surface area contributed by atoms with Crippen LogP contribution in [0.3, 0.4) is 0 Å². The fraction of sp³-hybridized carbons (Fsp3) is 0.333. The number of nitrogens with zero attached hydrogens (tertiary/aromatic N) is 2. The Labute approximate surface area is 139 Å². The fourth-order valence-electron chi connectivity index (χ4n) is 2.48. The largest absolute Gasteiger partial charge is 0.480 e. The number of carbonyl (C=O) groups is 1. The van der Waals surface area contributed by atoms with E-state index >= 15 is 0 Å². The summed E-state index contributed by atoms with van der Waals surface area (Å²) in [5.41, 5.74) is 0.743. The number of halogens is 2. The second-order valence-electron chi connectivity index (χ2n) is 4.95. The average Bonchev–Trinajstić information content (AvgIpc) is 3.01. The molecular weight excluding hydrogens is 400 g/mol. The van der Waals surface area contributed by atoms with Gasteiger partial charge in [0, 0.05) is 29.1 Å². The molecule has 4 nitrogen and oxygen atoms in total. The maximum atomic E-state index is 12.1. The van der Waals surface area contributed by atoms with E-state index in [1.165, 1.54) is 0 Å². The number of carbonyl (C=O) groups excluding carboxylic acids is 1. The Morgan fingerprint density at radius 2 is 2.05 bits per heavy atom. The molecule has 1 fully saturated rings. The standard InChI is InChI=1S/C15H14Br2N2O2/c16-11-8-12(17)15(14-10(11)4-3-5-18-14)21-9-13(20)19-6-1-2-7-19/h3-5,8H,1-2,6-7,9H2. The van der Waals surface area contributed by atoms with Crippen LogP contribution in [0.25, 0.3) is 10.9 Å². The van der Waals surface area contributed by atoms with Gasteiger partial charge in [0.05, 0.1) is 4.47 Å². The molecule has 2 aromatic rings. The van der Waals surface area contributed by atoms with Gasteiger partial charge in [-0.1, -0.05) is 22.0 Å². The number of amides is 1. The smallest absolute Gasteiger partial charge is 0.260 e. The van der Waals surface area contributed by atoms with E-state index in [1.54, 1.807) is 6.20 Å². The van der Waals surface area contributed by atoms with E-state index < -0.39 is 0 Å². The van der Waals surface area contributed by atoms with Crippen molar-refractivity contribution in [1.29, 1.82) is 0 Å². The first-order valence-corrected chi connectivity index (χ1v) is 8.38. The fourth-order valence-corrected chi connectivity index (χ4v) is 3.86. The number of fused-ring (bicyclic) bond motifs is 1. The van der Waals surface area contributed by atoms with Crippen molar-refractivity contribution >= 4 is 48.7 Å². The number of benzene rings is 1. The number of likely N-dealkylation sites (tertiary alicyclic amines) is 1. The zero-order valence-electron chi connectivity index (χ0n) is 11.3. The maximum absolute atomic E-state index is 12.1. The van der Waals surface area contributed by atoms with Gasteiger partial charge >= 0.3 is 0 Å². The summed E-state index contributed by atoms with van der Waals surface area (Å²) in [6.45, 7) is 1.72. The molecule has 0 N–H and O–H groups in total. The molecule has 110 valence electrons. The third-order valence-electron chi connectivity index (χ3n) is 3.55. The SMILES string of the molecule is O=C(COc1c(Br)cc(Br)c2cccnc12)N1CCCC1. The molecule has 3 rings (SSSR count). The van der Waals surface area contributed by atoms with Crippen LogP contribution < -0.4 is 4.74 Å². The molecule has 1 aromatic carbocycles. The van der Waals surface area contributed by atoms with Crippen molar-refractivity contribution in [1.82, 2.24) is 9.88 Å². The molecule has 0 radical (unpaired) electrons. The van der Waals surface area contributed by atoms with Gasteiger partial charge in [0.1, 0.15) is 5.52 Å². The molecule has 0 unspecified atom stereocenters. The van der Waals surface area contributed by atoms with Crippen molar-refractivity contribution in [3.8, 4) is 5.75 Å². The van der Waals surface area contributed by atoms with E-state index in [0.29, 0.717) is 5.75 Å². The van der Waals surface area contributed by atoms with Gasteiger partial charge in [0.15, 0.2) is 12.4 Å². The summed E-state index contributed by atoms with van der Waals surface area (Å²) in [6.07, 6.45) is 3.88. The molecule has 1 aromatic heterocycles. The van der Waals surface area contributed by atoms with Crippen LogP contribution in [0.1, 0.15) is 12.8 Å². The van der Waals surface area contributed by atoms with Crippen LogP contribution in [0.4, 0.5) is 0 Å². The number of pyridine rings is 1. The van der Waals surface area contributed by atoms with Gasteiger partial charge in [0.25, 0.3) is 5.91 Å². The highest BCUT2D eigenvalue weighted by molar-refractivity contribution is 9.11. The van der Waals surface area contributed by atoms with Crippen molar-refractivity contribution in [3.63, 3.8) is 0 Å². The van der Waals surface area contributed by atoms with E-state index in [4.69, 9.17) is 4.74 Å². The molecule has 2 heterocycles. The summed E-state index contributed by atoms with van der Waals surface area (Å²) >= 11 is 7.00. The van der Waals surface area contributed by atoms with Gasteiger partial charge in [0.2, 0.25) is 0 Å². The summed E-state index contributed by atoms with van der Waals surface area (Å²) in [4.78, 5) is 18.3. The summed E-state index contributed by atoms with van der Waals surface area (Å²) in [7, 11) is 0. The maximum Gasteiger partial charge on any atom is 0.260 e. The van der Waals surface area contributed by atoms with Gasteiger partial charge in [-0.25, -0.2) is 0 Å². The van der Waals surface area contributed by atoms with E-state index in [1.807, 2.05) is 23.1 Å². The lowest BCUT2D eigenvalue weighted by Gasteiger charge is -2.17. The van der Waals surface area contributed by atoms with Gasteiger partial charge < -0.3 is 9.64 Å². The molecular formula is C15H14Br2N2O2. The molecule has 0 saturated carbocycles. The van der Waals surface area contributed by atoms with Crippen molar-refractivity contribution in [2.45, 2.75) is 12.8 Å². The van der Waals surface area contributed by atoms with Gasteiger partial charge in [-0.05, 0) is 40.9 Å².